The van der Waals surface area contributed by atoms with E-state index in [-0.39, 0.29) is 17.6 Å². The fourth-order valence-electron chi connectivity index (χ4n) is 3.59. The minimum Gasteiger partial charge on any atom is -0.377 e. The molecular weight excluding hydrogens is 306 g/mol. The fourth-order valence-corrected chi connectivity index (χ4v) is 3.59. The topological polar surface area (TPSA) is 54.9 Å². The molecule has 3 rings (SSSR count). The molecule has 0 radical (unpaired) electrons. The smallest absolute Gasteiger partial charge is 0.255 e. The van der Waals surface area contributed by atoms with E-state index in [1.54, 1.807) is 12.4 Å². The Bertz CT molecular complexity index is 593. The number of ether oxygens (including phenoxy) is 2. The number of pyridine rings is 1. The van der Waals surface area contributed by atoms with Gasteiger partial charge in [0.1, 0.15) is 5.60 Å². The van der Waals surface area contributed by atoms with Crippen LogP contribution in [0.3, 0.4) is 0 Å². The molecule has 2 aliphatic heterocycles. The molecule has 0 saturated carbocycles. The maximum atomic E-state index is 12.9. The molecule has 1 aromatic heterocycles. The number of rotatable bonds is 3. The Morgan fingerprint density at radius 2 is 2.29 bits per heavy atom. The molecule has 1 amide bonds. The van der Waals surface area contributed by atoms with E-state index in [2.05, 4.69) is 24.0 Å². The van der Waals surface area contributed by atoms with Crippen LogP contribution in [-0.2, 0) is 9.47 Å². The van der Waals surface area contributed by atoms with E-state index in [1.165, 1.54) is 0 Å². The van der Waals surface area contributed by atoms with Crippen molar-refractivity contribution in [2.75, 3.05) is 46.9 Å². The minimum absolute atomic E-state index is 0.00994. The summed E-state index contributed by atoms with van der Waals surface area (Å²) in [6, 6.07) is 1.89. The number of likely N-dealkylation sites (N-methyl/N-ethyl adjacent to an activating group) is 1. The van der Waals surface area contributed by atoms with Crippen molar-refractivity contribution < 1.29 is 14.3 Å². The van der Waals surface area contributed by atoms with E-state index in [0.717, 1.165) is 24.9 Å². The number of nitrogens with zero attached hydrogens (tertiary/aromatic N) is 3. The predicted octanol–water partition coefficient (Wildman–Crippen LogP) is 1.34. The van der Waals surface area contributed by atoms with E-state index in [1.807, 2.05) is 17.9 Å². The van der Waals surface area contributed by atoms with E-state index in [9.17, 15) is 4.79 Å². The highest BCUT2D eigenvalue weighted by atomic mass is 16.6. The van der Waals surface area contributed by atoms with Gasteiger partial charge >= 0.3 is 0 Å². The molecule has 1 spiro atoms. The second kappa shape index (κ2) is 7.17. The minimum atomic E-state index is -0.371. The molecule has 0 unspecified atom stereocenters. The summed E-state index contributed by atoms with van der Waals surface area (Å²) in [6.07, 6.45) is 5.55. The fraction of sp³-hybridized carbons (Fsp3) is 0.667. The van der Waals surface area contributed by atoms with Crippen LogP contribution in [-0.4, -0.2) is 79.3 Å². The van der Waals surface area contributed by atoms with Crippen LogP contribution in [0.1, 0.15) is 28.8 Å². The molecule has 2 fully saturated rings. The summed E-state index contributed by atoms with van der Waals surface area (Å²) < 4.78 is 12.1. The van der Waals surface area contributed by atoms with Gasteiger partial charge in [-0.2, -0.15) is 0 Å². The summed E-state index contributed by atoms with van der Waals surface area (Å²) in [6.45, 7) is 5.14. The molecule has 6 heteroatoms. The number of hydrogen-bond donors (Lipinski definition) is 0. The Balaban J connectivity index is 1.72. The maximum Gasteiger partial charge on any atom is 0.255 e. The van der Waals surface area contributed by atoms with Gasteiger partial charge in [-0.25, -0.2) is 0 Å². The summed E-state index contributed by atoms with van der Waals surface area (Å²) in [5.74, 6) is 0.00994. The third-order valence-electron chi connectivity index (χ3n) is 4.67. The zero-order valence-corrected chi connectivity index (χ0v) is 14.8. The highest BCUT2D eigenvalue weighted by Crippen LogP contribution is 2.33. The van der Waals surface area contributed by atoms with Crippen LogP contribution in [0.4, 0.5) is 0 Å². The second-order valence-electron chi connectivity index (χ2n) is 7.25. The molecule has 132 valence electrons. The second-order valence-corrected chi connectivity index (χ2v) is 7.25. The average Bonchev–Trinajstić information content (AvgIpc) is 2.78. The van der Waals surface area contributed by atoms with Crippen LogP contribution in [0.15, 0.2) is 18.5 Å². The van der Waals surface area contributed by atoms with Crippen LogP contribution in [0, 0.1) is 6.92 Å². The summed E-state index contributed by atoms with van der Waals surface area (Å²) in [5, 5.41) is 0. The van der Waals surface area contributed by atoms with Gasteiger partial charge in [-0.1, -0.05) is 0 Å². The Morgan fingerprint density at radius 3 is 3.04 bits per heavy atom. The Kier molecular flexibility index (Phi) is 5.18. The molecule has 0 bridgehead atoms. The van der Waals surface area contributed by atoms with E-state index in [4.69, 9.17) is 9.47 Å². The van der Waals surface area contributed by atoms with E-state index < -0.39 is 0 Å². The highest BCUT2D eigenvalue weighted by molar-refractivity contribution is 5.94. The standard InChI is InChI=1S/C18H27N3O3/c1-14-8-15(10-19-9-14)17(22)21-6-7-23-13-18(12-21)5-4-16(24-18)11-20(2)3/h8-10,16H,4-7,11-13H2,1-3H3/t16-,18+/m0/s1. The number of carbonyl (C=O) groups excluding carboxylic acids is 1. The van der Waals surface area contributed by atoms with Crippen LogP contribution in [0.2, 0.25) is 0 Å². The lowest BCUT2D eigenvalue weighted by Gasteiger charge is -2.32. The zero-order chi connectivity index (χ0) is 17.2. The predicted molar refractivity (Wildman–Crippen MR) is 91.1 cm³/mol. The first-order valence-electron chi connectivity index (χ1n) is 8.59. The number of carbonyl (C=O) groups is 1. The van der Waals surface area contributed by atoms with Crippen LogP contribution in [0.25, 0.3) is 0 Å². The first-order chi connectivity index (χ1) is 11.5. The van der Waals surface area contributed by atoms with Crippen molar-refractivity contribution >= 4 is 5.91 Å². The summed E-state index contributed by atoms with van der Waals surface area (Å²) in [7, 11) is 4.11. The van der Waals surface area contributed by atoms with Crippen LogP contribution >= 0.6 is 0 Å². The molecular formula is C18H27N3O3. The first-order valence-corrected chi connectivity index (χ1v) is 8.59. The van der Waals surface area contributed by atoms with E-state index >= 15 is 0 Å². The quantitative estimate of drug-likeness (QED) is 0.836. The monoisotopic (exact) mass is 333 g/mol. The molecule has 3 heterocycles. The van der Waals surface area contributed by atoms with Crippen molar-refractivity contribution in [2.45, 2.75) is 31.5 Å². The van der Waals surface area contributed by atoms with Gasteiger partial charge in [-0.05, 0) is 45.5 Å². The van der Waals surface area contributed by atoms with Crippen molar-refractivity contribution in [3.05, 3.63) is 29.6 Å². The highest BCUT2D eigenvalue weighted by Gasteiger charge is 2.44. The SMILES string of the molecule is Cc1cncc(C(=O)N2CCOC[C@@]3(CC[C@@H](CN(C)C)O3)C2)c1. The van der Waals surface area contributed by atoms with Crippen molar-refractivity contribution in [1.82, 2.24) is 14.8 Å². The van der Waals surface area contributed by atoms with Crippen molar-refractivity contribution in [3.8, 4) is 0 Å². The van der Waals surface area contributed by atoms with Gasteiger partial charge < -0.3 is 19.3 Å². The van der Waals surface area contributed by atoms with Gasteiger partial charge in [-0.15, -0.1) is 0 Å². The molecule has 6 nitrogen and oxygen atoms in total. The molecule has 0 aromatic carbocycles. The van der Waals surface area contributed by atoms with Crippen molar-refractivity contribution in [1.29, 1.82) is 0 Å². The molecule has 2 aliphatic rings. The Hall–Kier alpha value is -1.50. The van der Waals surface area contributed by atoms with Gasteiger partial charge in [-0.3, -0.25) is 9.78 Å². The van der Waals surface area contributed by atoms with Gasteiger partial charge in [0.05, 0.1) is 31.4 Å². The third-order valence-corrected chi connectivity index (χ3v) is 4.67. The third kappa shape index (κ3) is 3.94. The van der Waals surface area contributed by atoms with Crippen LogP contribution in [0.5, 0.6) is 0 Å². The first kappa shape index (κ1) is 17.3. The number of hydrogen-bond acceptors (Lipinski definition) is 5. The Morgan fingerprint density at radius 1 is 1.46 bits per heavy atom. The molecule has 0 N–H and O–H groups in total. The normalized spacial score (nSPS) is 27.7. The molecule has 2 atom stereocenters. The van der Waals surface area contributed by atoms with Crippen LogP contribution < -0.4 is 0 Å². The lowest BCUT2D eigenvalue weighted by atomic mass is 9.99. The van der Waals surface area contributed by atoms with Gasteiger partial charge in [0.15, 0.2) is 0 Å². The van der Waals surface area contributed by atoms with Gasteiger partial charge in [0.2, 0.25) is 0 Å². The molecule has 2 saturated heterocycles. The molecule has 24 heavy (non-hydrogen) atoms. The van der Waals surface area contributed by atoms with Crippen molar-refractivity contribution in [3.63, 3.8) is 0 Å². The van der Waals surface area contributed by atoms with Gasteiger partial charge in [0, 0.05) is 25.5 Å². The molecule has 0 aliphatic carbocycles. The summed E-state index contributed by atoms with van der Waals surface area (Å²) in [4.78, 5) is 21.0. The van der Waals surface area contributed by atoms with Crippen molar-refractivity contribution in [2.24, 2.45) is 0 Å². The zero-order valence-electron chi connectivity index (χ0n) is 14.8. The average molecular weight is 333 g/mol. The molecule has 1 aromatic rings. The summed E-state index contributed by atoms with van der Waals surface area (Å²) >= 11 is 0. The Labute approximate surface area is 143 Å². The lowest BCUT2D eigenvalue weighted by molar-refractivity contribution is -0.0878. The van der Waals surface area contributed by atoms with Gasteiger partial charge in [0.25, 0.3) is 5.91 Å². The number of aryl methyl sites for hydroxylation is 1. The lowest BCUT2D eigenvalue weighted by Crippen LogP contribution is -2.47. The van der Waals surface area contributed by atoms with E-state index in [0.29, 0.717) is 31.9 Å². The number of amides is 1. The number of aromatic nitrogens is 1. The maximum absolute atomic E-state index is 12.9. The largest absolute Gasteiger partial charge is 0.377 e. The summed E-state index contributed by atoms with van der Waals surface area (Å²) in [5.41, 5.74) is 1.25.